The van der Waals surface area contributed by atoms with Gasteiger partial charge in [-0.15, -0.1) is 0 Å². The summed E-state index contributed by atoms with van der Waals surface area (Å²) >= 11 is 0. The van der Waals surface area contributed by atoms with Crippen LogP contribution in [0.25, 0.3) is 11.5 Å². The second-order valence-corrected chi connectivity index (χ2v) is 3.17. The number of hydrogen-bond donors (Lipinski definition) is 0. The monoisotopic (exact) mass is 221 g/mol. The molecule has 0 aliphatic rings. The first-order valence-electron chi connectivity index (χ1n) is 4.81. The van der Waals surface area contributed by atoms with Crippen LogP contribution in [0.1, 0.15) is 17.4 Å². The smallest absolute Gasteiger partial charge is 0.361 e. The van der Waals surface area contributed by atoms with E-state index in [1.807, 2.05) is 7.05 Å². The van der Waals surface area contributed by atoms with E-state index in [4.69, 9.17) is 9.15 Å². The third kappa shape index (κ3) is 1.81. The summed E-state index contributed by atoms with van der Waals surface area (Å²) in [6, 6.07) is 0. The van der Waals surface area contributed by atoms with Crippen LogP contribution in [0.3, 0.4) is 0 Å². The predicted octanol–water partition coefficient (Wildman–Crippen LogP) is 1.25. The second kappa shape index (κ2) is 4.18. The summed E-state index contributed by atoms with van der Waals surface area (Å²) in [5.74, 6) is -0.170. The number of carbonyl (C=O) groups excluding carboxylic acids is 1. The third-order valence-corrected chi connectivity index (χ3v) is 1.97. The number of ether oxygens (including phenoxy) is 1. The van der Waals surface area contributed by atoms with E-state index in [2.05, 4.69) is 9.97 Å². The maximum atomic E-state index is 11.5. The molecular formula is C10H11N3O3. The second-order valence-electron chi connectivity index (χ2n) is 3.17. The summed E-state index contributed by atoms with van der Waals surface area (Å²) in [6.07, 6.45) is 4.56. The molecule has 0 aliphatic carbocycles. The molecule has 84 valence electrons. The highest BCUT2D eigenvalue weighted by atomic mass is 16.5. The Morgan fingerprint density at radius 3 is 3.00 bits per heavy atom. The summed E-state index contributed by atoms with van der Waals surface area (Å²) in [4.78, 5) is 19.4. The zero-order valence-electron chi connectivity index (χ0n) is 9.01. The molecule has 0 spiro atoms. The number of oxazole rings is 1. The highest BCUT2D eigenvalue weighted by Crippen LogP contribution is 2.21. The van der Waals surface area contributed by atoms with Crippen molar-refractivity contribution in [1.29, 1.82) is 0 Å². The zero-order chi connectivity index (χ0) is 11.5. The normalized spacial score (nSPS) is 10.4. The van der Waals surface area contributed by atoms with Crippen LogP contribution in [0.2, 0.25) is 0 Å². The molecule has 0 atom stereocenters. The fourth-order valence-electron chi connectivity index (χ4n) is 1.30. The van der Waals surface area contributed by atoms with E-state index in [1.54, 1.807) is 24.0 Å². The van der Waals surface area contributed by atoms with Crippen molar-refractivity contribution >= 4 is 5.97 Å². The largest absolute Gasteiger partial charge is 0.461 e. The van der Waals surface area contributed by atoms with E-state index in [0.717, 1.165) is 0 Å². The Kier molecular flexibility index (Phi) is 2.72. The molecule has 6 heteroatoms. The van der Waals surface area contributed by atoms with Gasteiger partial charge in [0.25, 0.3) is 0 Å². The van der Waals surface area contributed by atoms with Crippen molar-refractivity contribution in [3.8, 4) is 11.5 Å². The Morgan fingerprint density at radius 2 is 2.38 bits per heavy atom. The SMILES string of the molecule is CCOC(=O)c1ncoc1-c1cn(C)cn1. The first kappa shape index (κ1) is 10.4. The molecule has 6 nitrogen and oxygen atoms in total. The summed E-state index contributed by atoms with van der Waals surface area (Å²) in [5.41, 5.74) is 0.712. The first-order valence-corrected chi connectivity index (χ1v) is 4.81. The molecule has 0 amide bonds. The van der Waals surface area contributed by atoms with E-state index in [-0.39, 0.29) is 5.69 Å². The van der Waals surface area contributed by atoms with Gasteiger partial charge >= 0.3 is 5.97 Å². The van der Waals surface area contributed by atoms with Crippen LogP contribution >= 0.6 is 0 Å². The fourth-order valence-corrected chi connectivity index (χ4v) is 1.30. The van der Waals surface area contributed by atoms with Crippen molar-refractivity contribution in [2.45, 2.75) is 6.92 Å². The lowest BCUT2D eigenvalue weighted by molar-refractivity contribution is 0.0520. The van der Waals surface area contributed by atoms with E-state index in [1.165, 1.54) is 6.39 Å². The lowest BCUT2D eigenvalue weighted by atomic mass is 10.3. The van der Waals surface area contributed by atoms with Gasteiger partial charge in [0.2, 0.25) is 0 Å². The minimum absolute atomic E-state index is 0.153. The summed E-state index contributed by atoms with van der Waals surface area (Å²) in [5, 5.41) is 0. The molecule has 0 radical (unpaired) electrons. The van der Waals surface area contributed by atoms with E-state index < -0.39 is 5.97 Å². The van der Waals surface area contributed by atoms with Gasteiger partial charge in [-0.1, -0.05) is 0 Å². The van der Waals surface area contributed by atoms with Gasteiger partial charge in [0, 0.05) is 13.2 Å². The molecule has 0 bridgehead atoms. The summed E-state index contributed by atoms with van der Waals surface area (Å²) in [6.45, 7) is 2.03. The highest BCUT2D eigenvalue weighted by molar-refractivity contribution is 5.92. The third-order valence-electron chi connectivity index (χ3n) is 1.97. The summed E-state index contributed by atoms with van der Waals surface area (Å²) < 4.78 is 11.8. The summed E-state index contributed by atoms with van der Waals surface area (Å²) in [7, 11) is 1.83. The first-order chi connectivity index (χ1) is 7.72. The maximum absolute atomic E-state index is 11.5. The van der Waals surface area contributed by atoms with Gasteiger partial charge in [0.15, 0.2) is 17.8 Å². The van der Waals surface area contributed by atoms with Crippen molar-refractivity contribution in [2.75, 3.05) is 6.61 Å². The van der Waals surface area contributed by atoms with Crippen molar-refractivity contribution < 1.29 is 13.9 Å². The van der Waals surface area contributed by atoms with Crippen LogP contribution in [0, 0.1) is 0 Å². The van der Waals surface area contributed by atoms with Crippen molar-refractivity contribution in [2.24, 2.45) is 7.05 Å². The van der Waals surface area contributed by atoms with Crippen molar-refractivity contribution in [1.82, 2.24) is 14.5 Å². The molecule has 16 heavy (non-hydrogen) atoms. The molecule has 0 saturated carbocycles. The Bertz CT molecular complexity index is 501. The molecule has 2 heterocycles. The number of aromatic nitrogens is 3. The molecule has 0 fully saturated rings. The Balaban J connectivity index is 2.36. The van der Waals surface area contributed by atoms with Crippen LogP contribution in [-0.2, 0) is 11.8 Å². The Morgan fingerprint density at radius 1 is 1.56 bits per heavy atom. The topological polar surface area (TPSA) is 70.2 Å². The Labute approximate surface area is 91.9 Å². The number of aryl methyl sites for hydroxylation is 1. The van der Waals surface area contributed by atoms with Crippen LogP contribution in [0.15, 0.2) is 23.3 Å². The quantitative estimate of drug-likeness (QED) is 0.729. The number of nitrogens with zero attached hydrogens (tertiary/aromatic N) is 3. The lowest BCUT2D eigenvalue weighted by Crippen LogP contribution is -2.06. The zero-order valence-corrected chi connectivity index (χ0v) is 9.01. The van der Waals surface area contributed by atoms with E-state index in [0.29, 0.717) is 18.1 Å². The van der Waals surface area contributed by atoms with Gasteiger partial charge in [-0.05, 0) is 6.92 Å². The molecule has 2 aromatic heterocycles. The van der Waals surface area contributed by atoms with Crippen molar-refractivity contribution in [3.63, 3.8) is 0 Å². The number of imidazole rings is 1. The Hall–Kier alpha value is -2.11. The maximum Gasteiger partial charge on any atom is 0.361 e. The average Bonchev–Trinajstić information content (AvgIpc) is 2.85. The molecule has 2 rings (SSSR count). The van der Waals surface area contributed by atoms with Gasteiger partial charge in [-0.25, -0.2) is 14.8 Å². The molecular weight excluding hydrogens is 210 g/mol. The molecule has 0 unspecified atom stereocenters. The number of hydrogen-bond acceptors (Lipinski definition) is 5. The van der Waals surface area contributed by atoms with E-state index >= 15 is 0 Å². The van der Waals surface area contributed by atoms with E-state index in [9.17, 15) is 4.79 Å². The molecule has 0 aromatic carbocycles. The minimum atomic E-state index is -0.503. The van der Waals surface area contributed by atoms with Crippen LogP contribution in [0.5, 0.6) is 0 Å². The molecule has 0 N–H and O–H groups in total. The van der Waals surface area contributed by atoms with Gasteiger partial charge in [0.1, 0.15) is 5.69 Å². The standard InChI is InChI=1S/C10H11N3O3/c1-3-15-10(14)8-9(16-6-12-8)7-4-13(2)5-11-7/h4-6H,3H2,1-2H3. The van der Waals surface area contributed by atoms with Crippen LogP contribution < -0.4 is 0 Å². The number of rotatable bonds is 3. The van der Waals surface area contributed by atoms with Gasteiger partial charge < -0.3 is 13.7 Å². The molecule has 0 aliphatic heterocycles. The molecule has 2 aromatic rings. The van der Waals surface area contributed by atoms with Gasteiger partial charge in [0.05, 0.1) is 12.9 Å². The van der Waals surface area contributed by atoms with Crippen LogP contribution in [0.4, 0.5) is 0 Å². The van der Waals surface area contributed by atoms with Crippen molar-refractivity contribution in [3.05, 3.63) is 24.6 Å². The average molecular weight is 221 g/mol. The van der Waals surface area contributed by atoms with Gasteiger partial charge in [-0.2, -0.15) is 0 Å². The molecule has 0 saturated heterocycles. The minimum Gasteiger partial charge on any atom is -0.461 e. The lowest BCUT2D eigenvalue weighted by Gasteiger charge is -1.98. The van der Waals surface area contributed by atoms with Gasteiger partial charge in [-0.3, -0.25) is 0 Å². The highest BCUT2D eigenvalue weighted by Gasteiger charge is 2.20. The van der Waals surface area contributed by atoms with Crippen LogP contribution in [-0.4, -0.2) is 27.1 Å². The number of esters is 1. The predicted molar refractivity (Wildman–Crippen MR) is 54.7 cm³/mol. The fraction of sp³-hybridized carbons (Fsp3) is 0.300. The number of carbonyl (C=O) groups is 1.